The van der Waals surface area contributed by atoms with Crippen LogP contribution in [0, 0.1) is 5.82 Å². The zero-order valence-corrected chi connectivity index (χ0v) is 15.5. The molecule has 1 atom stereocenters. The zero-order valence-electron chi connectivity index (χ0n) is 15.5. The van der Waals surface area contributed by atoms with Gasteiger partial charge < -0.3 is 25.8 Å². The van der Waals surface area contributed by atoms with Crippen molar-refractivity contribution >= 4 is 23.4 Å². The molecule has 1 fully saturated rings. The summed E-state index contributed by atoms with van der Waals surface area (Å²) >= 11 is 0. The second-order valence-electron chi connectivity index (χ2n) is 6.76. The lowest BCUT2D eigenvalue weighted by Crippen LogP contribution is -2.38. The Bertz CT molecular complexity index is 837. The molecule has 2 aromatic rings. The van der Waals surface area contributed by atoms with E-state index in [2.05, 4.69) is 20.5 Å². The zero-order chi connectivity index (χ0) is 19.3. The monoisotopic (exact) mass is 385 g/mol. The van der Waals surface area contributed by atoms with Crippen molar-refractivity contribution in [1.29, 1.82) is 0 Å². The summed E-state index contributed by atoms with van der Waals surface area (Å²) in [5.74, 6) is 0.134. The Labute approximate surface area is 163 Å². The Balaban J connectivity index is 1.43. The summed E-state index contributed by atoms with van der Waals surface area (Å²) in [5.41, 5.74) is 8.30. The molecule has 0 spiro atoms. The molecular formula is C20H24FN5O2. The number of rotatable bonds is 6. The fourth-order valence-electron chi connectivity index (χ4n) is 3.29. The van der Waals surface area contributed by atoms with Crippen molar-refractivity contribution in [2.45, 2.75) is 6.17 Å². The van der Waals surface area contributed by atoms with Crippen molar-refractivity contribution in [3.63, 3.8) is 0 Å². The molecular weight excluding hydrogens is 361 g/mol. The number of aliphatic imine (C=N–C) groups is 1. The first-order chi connectivity index (χ1) is 13.7. The number of ether oxygens (including phenoxy) is 2. The largest absolute Gasteiger partial charge is 0.492 e. The number of nitrogens with two attached hydrogens (primary N) is 1. The van der Waals surface area contributed by atoms with Gasteiger partial charge in [-0.3, -0.25) is 4.90 Å². The fourth-order valence-corrected chi connectivity index (χ4v) is 3.29. The molecule has 2 heterocycles. The van der Waals surface area contributed by atoms with Gasteiger partial charge in [0.1, 0.15) is 18.2 Å². The van der Waals surface area contributed by atoms with Crippen molar-refractivity contribution in [2.75, 3.05) is 55.8 Å². The molecule has 0 saturated carbocycles. The number of nitrogen functional groups attached to an aromatic ring is 1. The molecule has 2 aliphatic heterocycles. The van der Waals surface area contributed by atoms with Crippen LogP contribution in [0.4, 0.5) is 21.5 Å². The highest BCUT2D eigenvalue weighted by atomic mass is 19.1. The summed E-state index contributed by atoms with van der Waals surface area (Å²) in [6.45, 7) is 4.59. The van der Waals surface area contributed by atoms with E-state index in [1.54, 1.807) is 24.5 Å². The van der Waals surface area contributed by atoms with Gasteiger partial charge in [0.05, 0.1) is 30.8 Å². The number of nitrogens with zero attached hydrogens (tertiary/aromatic N) is 2. The normalized spacial score (nSPS) is 19.0. The molecule has 7 nitrogen and oxygen atoms in total. The number of hydrogen-bond acceptors (Lipinski definition) is 7. The maximum atomic E-state index is 14.8. The van der Waals surface area contributed by atoms with Crippen LogP contribution in [0.2, 0.25) is 0 Å². The third kappa shape index (κ3) is 4.35. The topological polar surface area (TPSA) is 84.1 Å². The fraction of sp³-hybridized carbons (Fsp3) is 0.350. The van der Waals surface area contributed by atoms with Crippen LogP contribution < -0.4 is 21.1 Å². The van der Waals surface area contributed by atoms with Gasteiger partial charge in [0.2, 0.25) is 0 Å². The first-order valence-electron chi connectivity index (χ1n) is 9.35. The number of anilines is 3. The second-order valence-corrected chi connectivity index (χ2v) is 6.76. The van der Waals surface area contributed by atoms with Gasteiger partial charge in [-0.15, -0.1) is 0 Å². The van der Waals surface area contributed by atoms with Crippen molar-refractivity contribution in [3.8, 4) is 5.75 Å². The smallest absolute Gasteiger partial charge is 0.151 e. The van der Waals surface area contributed by atoms with Gasteiger partial charge >= 0.3 is 0 Å². The Hall–Kier alpha value is -2.84. The van der Waals surface area contributed by atoms with E-state index in [0.29, 0.717) is 29.3 Å². The third-order valence-electron chi connectivity index (χ3n) is 4.81. The highest BCUT2D eigenvalue weighted by molar-refractivity contribution is 5.82. The van der Waals surface area contributed by atoms with Gasteiger partial charge in [-0.05, 0) is 24.3 Å². The molecule has 0 bridgehead atoms. The molecule has 8 heteroatoms. The third-order valence-corrected chi connectivity index (χ3v) is 4.81. The predicted octanol–water partition coefficient (Wildman–Crippen LogP) is 2.68. The summed E-state index contributed by atoms with van der Waals surface area (Å²) in [7, 11) is 0. The molecule has 0 aromatic heterocycles. The van der Waals surface area contributed by atoms with Crippen molar-refractivity contribution in [3.05, 3.63) is 47.8 Å². The molecule has 0 amide bonds. The summed E-state index contributed by atoms with van der Waals surface area (Å²) < 4.78 is 26.0. The molecule has 2 aliphatic rings. The van der Waals surface area contributed by atoms with Crippen LogP contribution in [0.5, 0.6) is 5.75 Å². The number of benzene rings is 2. The standard InChI is InChI=1S/C20H24FN5O2/c21-17-11-16(28-10-7-26-5-8-27-9-6-26)12-18-19(17)20(24-13-23-18)25-15-3-1-14(22)2-4-15/h1-4,11-13,20,25H,5-10,22H2,(H,23,24). The van der Waals surface area contributed by atoms with Crippen LogP contribution in [0.25, 0.3) is 0 Å². The van der Waals surface area contributed by atoms with E-state index in [0.717, 1.165) is 38.5 Å². The van der Waals surface area contributed by atoms with Gasteiger partial charge in [0.15, 0.2) is 6.17 Å². The quantitative estimate of drug-likeness (QED) is 0.663. The Morgan fingerprint density at radius 1 is 1.25 bits per heavy atom. The lowest BCUT2D eigenvalue weighted by atomic mass is 10.1. The Morgan fingerprint density at radius 2 is 2.04 bits per heavy atom. The summed E-state index contributed by atoms with van der Waals surface area (Å²) in [5, 5.41) is 6.23. The number of halogens is 1. The minimum absolute atomic E-state index is 0.365. The van der Waals surface area contributed by atoms with Crippen molar-refractivity contribution in [1.82, 2.24) is 4.90 Å². The van der Waals surface area contributed by atoms with Gasteiger partial charge in [-0.25, -0.2) is 9.38 Å². The summed E-state index contributed by atoms with van der Waals surface area (Å²) in [6, 6.07) is 10.5. The van der Waals surface area contributed by atoms with Crippen molar-refractivity contribution < 1.29 is 13.9 Å². The van der Waals surface area contributed by atoms with Gasteiger partial charge in [0.25, 0.3) is 0 Å². The predicted molar refractivity (Wildman–Crippen MR) is 108 cm³/mol. The van der Waals surface area contributed by atoms with Crippen molar-refractivity contribution in [2.24, 2.45) is 4.99 Å². The van der Waals surface area contributed by atoms with Crippen LogP contribution in [-0.2, 0) is 4.74 Å². The summed E-state index contributed by atoms with van der Waals surface area (Å²) in [6.07, 6.45) is 1.04. The first kappa shape index (κ1) is 18.5. The van der Waals surface area contributed by atoms with E-state index in [9.17, 15) is 4.39 Å². The number of hydrogen-bond donors (Lipinski definition) is 3. The average molecular weight is 385 g/mol. The minimum atomic E-state index is -0.526. The van der Waals surface area contributed by atoms with Crippen LogP contribution in [0.15, 0.2) is 41.4 Å². The highest BCUT2D eigenvalue weighted by Gasteiger charge is 2.23. The van der Waals surface area contributed by atoms with Crippen LogP contribution in [-0.4, -0.2) is 50.7 Å². The van der Waals surface area contributed by atoms with Crippen LogP contribution >= 0.6 is 0 Å². The number of nitrogens with one attached hydrogen (secondary N) is 2. The molecule has 2 aromatic carbocycles. The van der Waals surface area contributed by atoms with E-state index in [1.807, 2.05) is 12.1 Å². The molecule has 1 unspecified atom stereocenters. The molecule has 4 N–H and O–H groups in total. The SMILES string of the molecule is Nc1ccc(NC2N=CNc3cc(OCCN4CCOCC4)cc(F)c32)cc1. The van der Waals surface area contributed by atoms with E-state index in [1.165, 1.54) is 6.07 Å². The average Bonchev–Trinajstić information content (AvgIpc) is 2.70. The Kier molecular flexibility index (Phi) is 5.59. The first-order valence-corrected chi connectivity index (χ1v) is 9.35. The van der Waals surface area contributed by atoms with E-state index >= 15 is 0 Å². The van der Waals surface area contributed by atoms with E-state index in [4.69, 9.17) is 15.2 Å². The summed E-state index contributed by atoms with van der Waals surface area (Å²) in [4.78, 5) is 6.60. The minimum Gasteiger partial charge on any atom is -0.492 e. The van der Waals surface area contributed by atoms with Gasteiger partial charge in [-0.1, -0.05) is 0 Å². The molecule has 0 radical (unpaired) electrons. The number of morpholine rings is 1. The molecule has 0 aliphatic carbocycles. The van der Waals surface area contributed by atoms with Gasteiger partial charge in [-0.2, -0.15) is 0 Å². The number of fused-ring (bicyclic) bond motifs is 1. The maximum absolute atomic E-state index is 14.8. The van der Waals surface area contributed by atoms with E-state index in [-0.39, 0.29) is 5.82 Å². The Morgan fingerprint density at radius 3 is 2.82 bits per heavy atom. The second kappa shape index (κ2) is 8.45. The van der Waals surface area contributed by atoms with Gasteiger partial charge in [0, 0.05) is 43.1 Å². The lowest BCUT2D eigenvalue weighted by Gasteiger charge is -2.27. The van der Waals surface area contributed by atoms with Crippen LogP contribution in [0.1, 0.15) is 11.7 Å². The molecule has 1 saturated heterocycles. The van der Waals surface area contributed by atoms with E-state index < -0.39 is 6.17 Å². The molecule has 148 valence electrons. The lowest BCUT2D eigenvalue weighted by molar-refractivity contribution is 0.0322. The molecule has 4 rings (SSSR count). The molecule has 28 heavy (non-hydrogen) atoms. The van der Waals surface area contributed by atoms with Crippen LogP contribution in [0.3, 0.4) is 0 Å². The maximum Gasteiger partial charge on any atom is 0.151 e. The highest BCUT2D eigenvalue weighted by Crippen LogP contribution is 2.35.